The second kappa shape index (κ2) is 4.96. The normalized spacial score (nSPS) is 9.43. The number of pyridine rings is 1. The number of aromatic nitrogens is 1. The van der Waals surface area contributed by atoms with Crippen molar-refractivity contribution in [2.24, 2.45) is 5.73 Å². The molecule has 0 aromatic carbocycles. The van der Waals surface area contributed by atoms with Gasteiger partial charge in [0.1, 0.15) is 6.42 Å². The van der Waals surface area contributed by atoms with Gasteiger partial charge in [-0.25, -0.2) is 0 Å². The second-order valence-electron chi connectivity index (χ2n) is 2.59. The van der Waals surface area contributed by atoms with Crippen molar-refractivity contribution in [2.45, 2.75) is 6.54 Å². The summed E-state index contributed by atoms with van der Waals surface area (Å²) in [6.07, 6.45) is 2.42. The number of nitrogens with zero attached hydrogens (tertiary/aromatic N) is 1. The van der Waals surface area contributed by atoms with Crippen LogP contribution in [0.2, 0.25) is 0 Å². The standard InChI is InChI=1S/C9H10N3O2/c10-8(13)5-9(14)12-6-7-3-1-2-4-11-7/h1-5H,6H2,(H2,10,13)(H,12,14). The third-order valence-electron chi connectivity index (χ3n) is 1.44. The summed E-state index contributed by atoms with van der Waals surface area (Å²) >= 11 is 0. The zero-order valence-corrected chi connectivity index (χ0v) is 7.43. The van der Waals surface area contributed by atoms with E-state index in [1.807, 2.05) is 6.07 Å². The Bertz CT molecular complexity index is 324. The van der Waals surface area contributed by atoms with Crippen molar-refractivity contribution in [2.75, 3.05) is 0 Å². The van der Waals surface area contributed by atoms with Gasteiger partial charge >= 0.3 is 0 Å². The van der Waals surface area contributed by atoms with Gasteiger partial charge < -0.3 is 11.1 Å². The number of hydrogen-bond donors (Lipinski definition) is 2. The molecule has 0 saturated heterocycles. The van der Waals surface area contributed by atoms with Crippen LogP contribution < -0.4 is 11.1 Å². The van der Waals surface area contributed by atoms with Crippen LogP contribution in [0.25, 0.3) is 0 Å². The van der Waals surface area contributed by atoms with Gasteiger partial charge in [-0.1, -0.05) is 6.07 Å². The van der Waals surface area contributed by atoms with Crippen molar-refractivity contribution < 1.29 is 9.59 Å². The molecule has 5 heteroatoms. The molecule has 1 aromatic heterocycles. The molecule has 14 heavy (non-hydrogen) atoms. The average Bonchev–Trinajstić information content (AvgIpc) is 2.15. The van der Waals surface area contributed by atoms with Crippen LogP contribution in [0.4, 0.5) is 0 Å². The Balaban J connectivity index is 2.34. The topological polar surface area (TPSA) is 85.1 Å². The summed E-state index contributed by atoms with van der Waals surface area (Å²) in [5.74, 6) is -1.27. The van der Waals surface area contributed by atoms with Crippen LogP contribution in [0.1, 0.15) is 5.69 Å². The Morgan fingerprint density at radius 3 is 2.86 bits per heavy atom. The number of nitrogens with one attached hydrogen (secondary N) is 1. The van der Waals surface area contributed by atoms with Crippen LogP contribution >= 0.6 is 0 Å². The number of hydrogen-bond acceptors (Lipinski definition) is 3. The SMILES string of the molecule is NC(=O)[CH]C(=O)NCc1ccccn1. The first-order valence-electron chi connectivity index (χ1n) is 4.00. The predicted molar refractivity (Wildman–Crippen MR) is 49.6 cm³/mol. The molecule has 0 bridgehead atoms. The van der Waals surface area contributed by atoms with E-state index in [0.29, 0.717) is 0 Å². The highest BCUT2D eigenvalue weighted by molar-refractivity contribution is 6.07. The lowest BCUT2D eigenvalue weighted by molar-refractivity contribution is -0.122. The Labute approximate surface area is 81.3 Å². The lowest BCUT2D eigenvalue weighted by Crippen LogP contribution is -2.28. The Morgan fingerprint density at radius 1 is 1.50 bits per heavy atom. The van der Waals surface area contributed by atoms with Crippen molar-refractivity contribution >= 4 is 11.8 Å². The minimum Gasteiger partial charge on any atom is -0.369 e. The van der Waals surface area contributed by atoms with Gasteiger partial charge in [0, 0.05) is 6.20 Å². The first-order chi connectivity index (χ1) is 6.68. The van der Waals surface area contributed by atoms with Gasteiger partial charge in [-0.05, 0) is 12.1 Å². The van der Waals surface area contributed by atoms with Crippen molar-refractivity contribution in [3.05, 3.63) is 36.5 Å². The minimum absolute atomic E-state index is 0.281. The van der Waals surface area contributed by atoms with E-state index in [-0.39, 0.29) is 6.54 Å². The van der Waals surface area contributed by atoms with Gasteiger partial charge in [0.05, 0.1) is 12.2 Å². The maximum atomic E-state index is 10.9. The number of rotatable bonds is 4. The number of carbonyl (C=O) groups is 2. The smallest absolute Gasteiger partial charge is 0.234 e. The summed E-state index contributed by atoms with van der Waals surface area (Å²) in [4.78, 5) is 25.2. The molecular weight excluding hydrogens is 182 g/mol. The van der Waals surface area contributed by atoms with Crippen LogP contribution in [0.15, 0.2) is 24.4 Å². The quantitative estimate of drug-likeness (QED) is 0.624. The lowest BCUT2D eigenvalue weighted by Gasteiger charge is -2.01. The summed E-state index contributed by atoms with van der Waals surface area (Å²) in [6.45, 7) is 0.281. The molecule has 0 saturated carbocycles. The highest BCUT2D eigenvalue weighted by Gasteiger charge is 2.05. The van der Waals surface area contributed by atoms with E-state index in [1.54, 1.807) is 18.3 Å². The third-order valence-corrected chi connectivity index (χ3v) is 1.44. The molecule has 1 radical (unpaired) electrons. The number of primary amides is 1. The fourth-order valence-corrected chi connectivity index (χ4v) is 0.861. The Kier molecular flexibility index (Phi) is 3.60. The molecule has 0 aliphatic carbocycles. The molecule has 0 aliphatic rings. The van der Waals surface area contributed by atoms with Gasteiger partial charge in [-0.3, -0.25) is 14.6 Å². The largest absolute Gasteiger partial charge is 0.369 e. The molecule has 3 N–H and O–H groups in total. The maximum absolute atomic E-state index is 10.9. The fourth-order valence-electron chi connectivity index (χ4n) is 0.861. The zero-order chi connectivity index (χ0) is 10.4. The highest BCUT2D eigenvalue weighted by atomic mass is 16.2. The summed E-state index contributed by atoms with van der Waals surface area (Å²) in [6, 6.07) is 5.36. The average molecular weight is 192 g/mol. The molecule has 0 unspecified atom stereocenters. The van der Waals surface area contributed by atoms with Gasteiger partial charge in [-0.15, -0.1) is 0 Å². The first kappa shape index (κ1) is 10.2. The zero-order valence-electron chi connectivity index (χ0n) is 7.43. The van der Waals surface area contributed by atoms with E-state index in [9.17, 15) is 9.59 Å². The van der Waals surface area contributed by atoms with Gasteiger partial charge in [-0.2, -0.15) is 0 Å². The van der Waals surface area contributed by atoms with E-state index < -0.39 is 11.8 Å². The highest BCUT2D eigenvalue weighted by Crippen LogP contribution is 1.91. The van der Waals surface area contributed by atoms with E-state index in [0.717, 1.165) is 12.1 Å². The molecule has 0 aliphatic heterocycles. The van der Waals surface area contributed by atoms with Crippen molar-refractivity contribution in [1.29, 1.82) is 0 Å². The number of amides is 2. The third kappa shape index (κ3) is 3.66. The molecule has 1 heterocycles. The first-order valence-corrected chi connectivity index (χ1v) is 4.00. The molecule has 1 aromatic rings. The molecule has 0 fully saturated rings. The fraction of sp³-hybridized carbons (Fsp3) is 0.111. The van der Waals surface area contributed by atoms with Crippen LogP contribution in [-0.2, 0) is 16.1 Å². The van der Waals surface area contributed by atoms with Crippen LogP contribution in [0, 0.1) is 6.42 Å². The van der Waals surface area contributed by atoms with Gasteiger partial charge in [0.25, 0.3) is 0 Å². The summed E-state index contributed by atoms with van der Waals surface area (Å²) in [5.41, 5.74) is 5.51. The van der Waals surface area contributed by atoms with Crippen molar-refractivity contribution in [3.8, 4) is 0 Å². The summed E-state index contributed by atoms with van der Waals surface area (Å²) < 4.78 is 0. The maximum Gasteiger partial charge on any atom is 0.234 e. The summed E-state index contributed by atoms with van der Waals surface area (Å²) in [5, 5.41) is 2.47. The predicted octanol–water partition coefficient (Wildman–Crippen LogP) is -0.613. The van der Waals surface area contributed by atoms with Crippen LogP contribution in [0.5, 0.6) is 0 Å². The summed E-state index contributed by atoms with van der Waals surface area (Å²) in [7, 11) is 0. The molecule has 5 nitrogen and oxygen atoms in total. The van der Waals surface area contributed by atoms with E-state index in [4.69, 9.17) is 5.73 Å². The molecule has 2 amide bonds. The van der Waals surface area contributed by atoms with Gasteiger partial charge in [0.15, 0.2) is 0 Å². The Hall–Kier alpha value is -1.91. The lowest BCUT2D eigenvalue weighted by atomic mass is 10.3. The van der Waals surface area contributed by atoms with Crippen LogP contribution in [-0.4, -0.2) is 16.8 Å². The number of nitrogens with two attached hydrogens (primary N) is 1. The monoisotopic (exact) mass is 192 g/mol. The van der Waals surface area contributed by atoms with Crippen LogP contribution in [0.3, 0.4) is 0 Å². The van der Waals surface area contributed by atoms with E-state index in [1.165, 1.54) is 0 Å². The molecule has 73 valence electrons. The molecular formula is C9H10N3O2. The Morgan fingerprint density at radius 2 is 2.29 bits per heavy atom. The molecule has 0 atom stereocenters. The van der Waals surface area contributed by atoms with E-state index in [2.05, 4.69) is 10.3 Å². The molecule has 0 spiro atoms. The van der Waals surface area contributed by atoms with Gasteiger partial charge in [0.2, 0.25) is 11.8 Å². The van der Waals surface area contributed by atoms with Crippen molar-refractivity contribution in [3.63, 3.8) is 0 Å². The van der Waals surface area contributed by atoms with Crippen molar-refractivity contribution in [1.82, 2.24) is 10.3 Å². The number of carbonyl (C=O) groups excluding carboxylic acids is 2. The minimum atomic E-state index is -0.761. The second-order valence-corrected chi connectivity index (χ2v) is 2.59. The molecule has 1 rings (SSSR count). The van der Waals surface area contributed by atoms with E-state index >= 15 is 0 Å².